The number of methoxy groups -OCH3 is 1. The fourth-order valence-corrected chi connectivity index (χ4v) is 5.91. The molecule has 0 N–H and O–H groups in total. The average molecular weight is 415 g/mol. The molecule has 2 aromatic rings. The maximum atomic E-state index is 13.4. The van der Waals surface area contributed by atoms with Crippen LogP contribution in [0.5, 0.6) is 5.75 Å². The number of rotatable bonds is 4. The van der Waals surface area contributed by atoms with Crippen LogP contribution in [-0.2, 0) is 16.4 Å². The Labute approximate surface area is 172 Å². The number of hydrogen-bond donors (Lipinski definition) is 0. The van der Waals surface area contributed by atoms with Gasteiger partial charge in [0, 0.05) is 30.4 Å². The average Bonchev–Trinajstić information content (AvgIpc) is 3.28. The quantitative estimate of drug-likeness (QED) is 0.768. The van der Waals surface area contributed by atoms with Crippen molar-refractivity contribution in [2.24, 2.45) is 0 Å². The number of para-hydroxylation sites is 1. The molecule has 2 aromatic carbocycles. The molecule has 1 fully saturated rings. The van der Waals surface area contributed by atoms with E-state index in [1.54, 1.807) is 17.0 Å². The third-order valence-corrected chi connectivity index (χ3v) is 7.76. The lowest BCUT2D eigenvalue weighted by molar-refractivity contribution is 0.0975. The van der Waals surface area contributed by atoms with E-state index in [9.17, 15) is 13.2 Å². The number of nitrogens with zero attached hydrogens (tertiary/aromatic N) is 2. The third-order valence-electron chi connectivity index (χ3n) is 5.84. The van der Waals surface area contributed by atoms with Gasteiger partial charge in [-0.05, 0) is 62.4 Å². The first-order chi connectivity index (χ1) is 13.9. The van der Waals surface area contributed by atoms with Crippen LogP contribution in [0.15, 0.2) is 47.4 Å². The summed E-state index contributed by atoms with van der Waals surface area (Å²) in [4.78, 5) is 15.3. The monoisotopic (exact) mass is 414 g/mol. The summed E-state index contributed by atoms with van der Waals surface area (Å²) in [6.07, 6.45) is 3.50. The summed E-state index contributed by atoms with van der Waals surface area (Å²) in [5, 5.41) is 0. The minimum Gasteiger partial charge on any atom is -0.495 e. The lowest BCUT2D eigenvalue weighted by Crippen LogP contribution is -2.42. The number of fused-ring (bicyclic) bond motifs is 1. The van der Waals surface area contributed by atoms with Crippen LogP contribution in [-0.4, -0.2) is 44.9 Å². The SMILES string of the molecule is COc1ccc(C(=O)N2c3ccccc3CCC2C)cc1S(=O)(=O)N1CCCC1. The van der Waals surface area contributed by atoms with Crippen LogP contribution < -0.4 is 9.64 Å². The molecule has 154 valence electrons. The lowest BCUT2D eigenvalue weighted by Gasteiger charge is -2.35. The van der Waals surface area contributed by atoms with Crippen molar-refractivity contribution in [2.75, 3.05) is 25.1 Å². The molecule has 1 amide bonds. The molecule has 2 aliphatic heterocycles. The van der Waals surface area contributed by atoms with Gasteiger partial charge in [0.05, 0.1) is 7.11 Å². The molecule has 0 radical (unpaired) electrons. The predicted octanol–water partition coefficient (Wildman–Crippen LogP) is 3.46. The van der Waals surface area contributed by atoms with E-state index < -0.39 is 10.0 Å². The molecule has 1 unspecified atom stereocenters. The van der Waals surface area contributed by atoms with E-state index in [0.717, 1.165) is 36.9 Å². The highest BCUT2D eigenvalue weighted by Crippen LogP contribution is 2.34. The smallest absolute Gasteiger partial charge is 0.258 e. The maximum absolute atomic E-state index is 13.4. The molecule has 1 saturated heterocycles. The standard InChI is InChI=1S/C22H26N2O4S/c1-16-9-10-17-7-3-4-8-19(17)24(16)22(25)18-11-12-20(28-2)21(15-18)29(26,27)23-13-5-6-14-23/h3-4,7-8,11-12,15-16H,5-6,9-10,13-14H2,1-2H3. The van der Waals surface area contributed by atoms with Crippen LogP contribution in [0.2, 0.25) is 0 Å². The Kier molecular flexibility index (Phi) is 5.36. The molecular weight excluding hydrogens is 388 g/mol. The molecule has 0 bridgehead atoms. The van der Waals surface area contributed by atoms with Crippen molar-refractivity contribution in [1.29, 1.82) is 0 Å². The van der Waals surface area contributed by atoms with E-state index in [2.05, 4.69) is 0 Å². The van der Waals surface area contributed by atoms with Crippen LogP contribution in [0.4, 0.5) is 5.69 Å². The number of carbonyl (C=O) groups excluding carboxylic acids is 1. The fourth-order valence-electron chi connectivity index (χ4n) is 4.22. The Balaban J connectivity index is 1.75. The first kappa shape index (κ1) is 19.9. The van der Waals surface area contributed by atoms with Gasteiger partial charge in [0.25, 0.3) is 5.91 Å². The number of aryl methyl sites for hydroxylation is 1. The van der Waals surface area contributed by atoms with Crippen molar-refractivity contribution in [2.45, 2.75) is 43.5 Å². The number of benzene rings is 2. The van der Waals surface area contributed by atoms with Crippen molar-refractivity contribution in [3.05, 3.63) is 53.6 Å². The van der Waals surface area contributed by atoms with E-state index in [1.165, 1.54) is 17.5 Å². The highest BCUT2D eigenvalue weighted by atomic mass is 32.2. The molecule has 7 heteroatoms. The minimum atomic E-state index is -3.70. The Bertz CT molecular complexity index is 1030. The topological polar surface area (TPSA) is 66.9 Å². The van der Waals surface area contributed by atoms with Crippen molar-refractivity contribution in [3.8, 4) is 5.75 Å². The Hall–Kier alpha value is -2.38. The second-order valence-corrected chi connectivity index (χ2v) is 9.57. The molecule has 2 heterocycles. The summed E-state index contributed by atoms with van der Waals surface area (Å²) in [6.45, 7) is 3.03. The highest BCUT2D eigenvalue weighted by molar-refractivity contribution is 7.89. The van der Waals surface area contributed by atoms with E-state index in [0.29, 0.717) is 18.7 Å². The van der Waals surface area contributed by atoms with Gasteiger partial charge in [-0.1, -0.05) is 18.2 Å². The number of sulfonamides is 1. The molecule has 1 atom stereocenters. The normalized spacial score (nSPS) is 19.8. The number of hydrogen-bond acceptors (Lipinski definition) is 4. The summed E-state index contributed by atoms with van der Waals surface area (Å²) in [7, 11) is -2.26. The molecule has 29 heavy (non-hydrogen) atoms. The summed E-state index contributed by atoms with van der Waals surface area (Å²) in [6, 6.07) is 12.6. The fraction of sp³-hybridized carbons (Fsp3) is 0.409. The summed E-state index contributed by atoms with van der Waals surface area (Å²) in [5.41, 5.74) is 2.39. The zero-order chi connectivity index (χ0) is 20.6. The zero-order valence-electron chi connectivity index (χ0n) is 16.8. The van der Waals surface area contributed by atoms with Crippen molar-refractivity contribution >= 4 is 21.6 Å². The van der Waals surface area contributed by atoms with Gasteiger partial charge in [-0.3, -0.25) is 4.79 Å². The first-order valence-corrected chi connectivity index (χ1v) is 11.5. The second-order valence-electron chi connectivity index (χ2n) is 7.67. The van der Waals surface area contributed by atoms with E-state index in [-0.39, 0.29) is 22.6 Å². The number of amides is 1. The molecule has 4 rings (SSSR count). The second kappa shape index (κ2) is 7.80. The van der Waals surface area contributed by atoms with Crippen LogP contribution in [0, 0.1) is 0 Å². The Morgan fingerprint density at radius 1 is 1.10 bits per heavy atom. The van der Waals surface area contributed by atoms with Crippen LogP contribution >= 0.6 is 0 Å². The zero-order valence-corrected chi connectivity index (χ0v) is 17.6. The molecule has 0 aliphatic carbocycles. The largest absolute Gasteiger partial charge is 0.495 e. The molecule has 0 spiro atoms. The van der Waals surface area contributed by atoms with E-state index >= 15 is 0 Å². The molecule has 2 aliphatic rings. The molecular formula is C22H26N2O4S. The lowest BCUT2D eigenvalue weighted by atomic mass is 9.96. The third kappa shape index (κ3) is 3.53. The van der Waals surface area contributed by atoms with Gasteiger partial charge in [0.15, 0.2) is 0 Å². The van der Waals surface area contributed by atoms with E-state index in [4.69, 9.17) is 4.74 Å². The minimum absolute atomic E-state index is 0.0399. The predicted molar refractivity (Wildman–Crippen MR) is 112 cm³/mol. The Morgan fingerprint density at radius 3 is 2.55 bits per heavy atom. The van der Waals surface area contributed by atoms with Crippen molar-refractivity contribution < 1.29 is 17.9 Å². The molecule has 0 aromatic heterocycles. The number of anilines is 1. The van der Waals surface area contributed by atoms with E-state index in [1.807, 2.05) is 31.2 Å². The van der Waals surface area contributed by atoms with Gasteiger partial charge in [0.1, 0.15) is 10.6 Å². The summed E-state index contributed by atoms with van der Waals surface area (Å²) in [5.74, 6) is 0.0747. The van der Waals surface area contributed by atoms with Gasteiger partial charge < -0.3 is 9.64 Å². The van der Waals surface area contributed by atoms with Gasteiger partial charge in [0.2, 0.25) is 10.0 Å². The molecule has 6 nitrogen and oxygen atoms in total. The van der Waals surface area contributed by atoms with Crippen LogP contribution in [0.25, 0.3) is 0 Å². The van der Waals surface area contributed by atoms with Gasteiger partial charge >= 0.3 is 0 Å². The molecule has 0 saturated carbocycles. The van der Waals surface area contributed by atoms with Gasteiger partial charge in [-0.2, -0.15) is 4.31 Å². The maximum Gasteiger partial charge on any atom is 0.258 e. The number of carbonyl (C=O) groups is 1. The van der Waals surface area contributed by atoms with Gasteiger partial charge in [-0.25, -0.2) is 8.42 Å². The number of ether oxygens (including phenoxy) is 1. The summed E-state index contributed by atoms with van der Waals surface area (Å²) < 4.78 is 33.1. The van der Waals surface area contributed by atoms with Crippen LogP contribution in [0.3, 0.4) is 0 Å². The van der Waals surface area contributed by atoms with Gasteiger partial charge in [-0.15, -0.1) is 0 Å². The summed E-state index contributed by atoms with van der Waals surface area (Å²) >= 11 is 0. The Morgan fingerprint density at radius 2 is 1.83 bits per heavy atom. The van der Waals surface area contributed by atoms with Crippen molar-refractivity contribution in [1.82, 2.24) is 4.31 Å². The first-order valence-electron chi connectivity index (χ1n) is 10.0. The highest BCUT2D eigenvalue weighted by Gasteiger charge is 2.33. The van der Waals surface area contributed by atoms with Crippen molar-refractivity contribution in [3.63, 3.8) is 0 Å². The van der Waals surface area contributed by atoms with Crippen LogP contribution in [0.1, 0.15) is 42.1 Å².